The predicted octanol–water partition coefficient (Wildman–Crippen LogP) is 2.55. The largest absolute Gasteiger partial charge is 0.497 e. The molecule has 2 aromatic rings. The first kappa shape index (κ1) is 33.7. The van der Waals surface area contributed by atoms with E-state index in [9.17, 15) is 23.1 Å². The standard InChI is InChI=1S/C33H44N4O8S/c1-24(2)25-21-29(31(39)35-15-13-33(14-16-35)32(40)34-23-37(33)26-7-5-4-6-8-26)45-30(22-25)44-20-18-36(17-19-38)46(41,42)28-11-9-27(43-3)10-12-28/h4-12,21,24-25,30,38H,13-20,22-23H2,1-3H3,(H,34,40)/t25-,30+/m0/s1. The van der Waals surface area contributed by atoms with E-state index in [1.54, 1.807) is 17.0 Å². The van der Waals surface area contributed by atoms with Gasteiger partial charge in [0, 0.05) is 38.3 Å². The van der Waals surface area contributed by atoms with Gasteiger partial charge in [-0.1, -0.05) is 32.0 Å². The number of hydrogen-bond acceptors (Lipinski definition) is 9. The van der Waals surface area contributed by atoms with Gasteiger partial charge in [0.2, 0.25) is 22.2 Å². The van der Waals surface area contributed by atoms with Crippen molar-refractivity contribution < 1.29 is 37.3 Å². The van der Waals surface area contributed by atoms with E-state index < -0.39 is 21.9 Å². The van der Waals surface area contributed by atoms with Crippen LogP contribution in [0.2, 0.25) is 0 Å². The molecule has 5 rings (SSSR count). The van der Waals surface area contributed by atoms with Gasteiger partial charge >= 0.3 is 0 Å². The van der Waals surface area contributed by atoms with Gasteiger partial charge in [0.15, 0.2) is 5.76 Å². The van der Waals surface area contributed by atoms with E-state index in [0.717, 1.165) is 5.69 Å². The van der Waals surface area contributed by atoms with Gasteiger partial charge < -0.3 is 34.4 Å². The summed E-state index contributed by atoms with van der Waals surface area (Å²) in [4.78, 5) is 30.7. The third kappa shape index (κ3) is 7.02. The molecular weight excluding hydrogens is 612 g/mol. The van der Waals surface area contributed by atoms with Crippen LogP contribution in [0.25, 0.3) is 0 Å². The van der Waals surface area contributed by atoms with Crippen molar-refractivity contribution in [3.8, 4) is 5.75 Å². The average molecular weight is 657 g/mol. The number of nitrogens with zero attached hydrogens (tertiary/aromatic N) is 3. The highest BCUT2D eigenvalue weighted by molar-refractivity contribution is 7.89. The molecule has 0 unspecified atom stereocenters. The Balaban J connectivity index is 1.21. The molecule has 3 aliphatic rings. The van der Waals surface area contributed by atoms with Crippen molar-refractivity contribution in [2.45, 2.75) is 49.8 Å². The second-order valence-corrected chi connectivity index (χ2v) is 14.1. The Bertz CT molecular complexity index is 1490. The Kier molecular flexibility index (Phi) is 10.6. The average Bonchev–Trinajstić information content (AvgIpc) is 3.38. The summed E-state index contributed by atoms with van der Waals surface area (Å²) in [5.41, 5.74) is 0.256. The molecule has 3 aliphatic heterocycles. The summed E-state index contributed by atoms with van der Waals surface area (Å²) < 4.78 is 44.9. The van der Waals surface area contributed by atoms with Crippen molar-refractivity contribution in [2.24, 2.45) is 11.8 Å². The van der Waals surface area contributed by atoms with Crippen LogP contribution in [0.1, 0.15) is 33.1 Å². The maximum atomic E-state index is 13.7. The maximum Gasteiger partial charge on any atom is 0.288 e. The zero-order chi connectivity index (χ0) is 32.9. The molecule has 0 aliphatic carbocycles. The summed E-state index contributed by atoms with van der Waals surface area (Å²) in [7, 11) is -2.39. The molecule has 2 atom stereocenters. The lowest BCUT2D eigenvalue weighted by atomic mass is 9.85. The monoisotopic (exact) mass is 656 g/mol. The topological polar surface area (TPSA) is 138 Å². The zero-order valence-corrected chi connectivity index (χ0v) is 27.4. The molecule has 1 spiro atoms. The van der Waals surface area contributed by atoms with Crippen LogP contribution >= 0.6 is 0 Å². The molecule has 0 aromatic heterocycles. The van der Waals surface area contributed by atoms with Gasteiger partial charge in [0.25, 0.3) is 5.91 Å². The van der Waals surface area contributed by atoms with Crippen LogP contribution in [0.15, 0.2) is 71.3 Å². The number of allylic oxidation sites excluding steroid dienone is 1. The van der Waals surface area contributed by atoms with E-state index in [1.165, 1.54) is 23.5 Å². The van der Waals surface area contributed by atoms with Gasteiger partial charge in [-0.15, -0.1) is 0 Å². The summed E-state index contributed by atoms with van der Waals surface area (Å²) in [6.45, 7) is 4.89. The molecule has 250 valence electrons. The fraction of sp³-hybridized carbons (Fsp3) is 0.515. The highest BCUT2D eigenvalue weighted by Crippen LogP contribution is 2.37. The molecule has 13 heteroatoms. The molecule has 0 bridgehead atoms. The van der Waals surface area contributed by atoms with Gasteiger partial charge in [-0.3, -0.25) is 9.59 Å². The van der Waals surface area contributed by atoms with Gasteiger partial charge in [-0.05, 0) is 67.2 Å². The molecule has 46 heavy (non-hydrogen) atoms. The number of anilines is 1. The number of nitrogens with one attached hydrogen (secondary N) is 1. The van der Waals surface area contributed by atoms with Gasteiger partial charge in [-0.25, -0.2) is 8.42 Å². The number of aliphatic hydroxyl groups is 1. The Morgan fingerprint density at radius 3 is 2.43 bits per heavy atom. The number of sulfonamides is 1. The van der Waals surface area contributed by atoms with E-state index in [1.807, 2.05) is 36.4 Å². The molecule has 2 fully saturated rings. The molecule has 2 aromatic carbocycles. The van der Waals surface area contributed by atoms with Crippen molar-refractivity contribution in [1.29, 1.82) is 0 Å². The SMILES string of the molecule is COc1ccc(S(=O)(=O)N(CCO)CCO[C@H]2C[C@@H](C(C)C)C=C(C(=O)N3CCC4(CC3)C(=O)NCN4c3ccccc3)O2)cc1. The number of benzene rings is 2. The number of aliphatic hydroxyl groups excluding tert-OH is 1. The maximum absolute atomic E-state index is 13.7. The minimum absolute atomic E-state index is 0.00298. The normalized spacial score (nSPS) is 21.3. The number of hydrogen-bond donors (Lipinski definition) is 2. The van der Waals surface area contributed by atoms with Gasteiger partial charge in [-0.2, -0.15) is 4.31 Å². The van der Waals surface area contributed by atoms with Crippen LogP contribution in [0.5, 0.6) is 5.75 Å². The fourth-order valence-corrected chi connectivity index (χ4v) is 7.73. The van der Waals surface area contributed by atoms with Crippen molar-refractivity contribution in [3.05, 3.63) is 66.4 Å². The second kappa shape index (κ2) is 14.4. The predicted molar refractivity (Wildman–Crippen MR) is 171 cm³/mol. The lowest BCUT2D eigenvalue weighted by molar-refractivity contribution is -0.157. The number of piperidine rings is 1. The second-order valence-electron chi connectivity index (χ2n) is 12.1. The molecule has 12 nitrogen and oxygen atoms in total. The first-order valence-corrected chi connectivity index (χ1v) is 17.2. The van der Waals surface area contributed by atoms with E-state index in [2.05, 4.69) is 24.1 Å². The van der Waals surface area contributed by atoms with Crippen molar-refractivity contribution in [2.75, 3.05) is 58.1 Å². The minimum Gasteiger partial charge on any atom is -0.497 e. The molecule has 0 saturated carbocycles. The van der Waals surface area contributed by atoms with Crippen molar-refractivity contribution in [3.63, 3.8) is 0 Å². The minimum atomic E-state index is -3.90. The first-order chi connectivity index (χ1) is 22.1. The molecule has 2 saturated heterocycles. The first-order valence-electron chi connectivity index (χ1n) is 15.7. The van der Waals surface area contributed by atoms with E-state index in [-0.39, 0.29) is 60.6 Å². The zero-order valence-electron chi connectivity index (χ0n) is 26.6. The number of ether oxygens (including phenoxy) is 3. The smallest absolute Gasteiger partial charge is 0.288 e. The highest BCUT2D eigenvalue weighted by atomic mass is 32.2. The summed E-state index contributed by atoms with van der Waals surface area (Å²) in [6, 6.07) is 15.9. The summed E-state index contributed by atoms with van der Waals surface area (Å²) in [5.74, 6) is 0.701. The molecular formula is C33H44N4O8S. The lowest BCUT2D eigenvalue weighted by Gasteiger charge is -2.43. The Morgan fingerprint density at radius 2 is 1.80 bits per heavy atom. The summed E-state index contributed by atoms with van der Waals surface area (Å²) >= 11 is 0. The van der Waals surface area contributed by atoms with Crippen LogP contribution < -0.4 is 15.0 Å². The van der Waals surface area contributed by atoms with Crippen LogP contribution in [-0.2, 0) is 29.1 Å². The summed E-state index contributed by atoms with van der Waals surface area (Å²) in [6.07, 6.45) is 2.60. The number of rotatable bonds is 12. The van der Waals surface area contributed by atoms with E-state index in [4.69, 9.17) is 14.2 Å². The third-order valence-corrected chi connectivity index (χ3v) is 11.0. The molecule has 0 radical (unpaired) electrons. The van der Waals surface area contributed by atoms with Crippen molar-refractivity contribution in [1.82, 2.24) is 14.5 Å². The van der Waals surface area contributed by atoms with Gasteiger partial charge in [0.1, 0.15) is 11.3 Å². The van der Waals surface area contributed by atoms with E-state index in [0.29, 0.717) is 44.8 Å². The number of methoxy groups -OCH3 is 1. The number of carbonyl (C=O) groups is 2. The number of amides is 2. The number of para-hydroxylation sites is 1. The highest BCUT2D eigenvalue weighted by Gasteiger charge is 2.51. The molecule has 2 amide bonds. The summed E-state index contributed by atoms with van der Waals surface area (Å²) in [5, 5.41) is 12.6. The Hall–Kier alpha value is -3.65. The van der Waals surface area contributed by atoms with Crippen LogP contribution in [0, 0.1) is 11.8 Å². The molecule has 3 heterocycles. The van der Waals surface area contributed by atoms with Crippen molar-refractivity contribution >= 4 is 27.5 Å². The number of likely N-dealkylation sites (tertiary alicyclic amines) is 1. The fourth-order valence-electron chi connectivity index (χ4n) is 6.32. The lowest BCUT2D eigenvalue weighted by Crippen LogP contribution is -2.57. The third-order valence-electron chi connectivity index (χ3n) is 9.13. The van der Waals surface area contributed by atoms with E-state index >= 15 is 0 Å². The quantitative estimate of drug-likeness (QED) is 0.353. The van der Waals surface area contributed by atoms with Gasteiger partial charge in [0.05, 0.1) is 31.9 Å². The molecule has 2 N–H and O–H groups in total. The number of carbonyl (C=O) groups excluding carboxylic acids is 2. The van der Waals surface area contributed by atoms with Crippen LogP contribution in [0.3, 0.4) is 0 Å². The Labute approximate surface area is 270 Å². The Morgan fingerprint density at radius 1 is 1.11 bits per heavy atom. The van der Waals surface area contributed by atoms with Crippen LogP contribution in [-0.4, -0.2) is 99.5 Å². The van der Waals surface area contributed by atoms with Crippen LogP contribution in [0.4, 0.5) is 5.69 Å².